The maximum absolute atomic E-state index is 12.9. The molecule has 1 amide bonds. The Morgan fingerprint density at radius 2 is 1.74 bits per heavy atom. The lowest BCUT2D eigenvalue weighted by molar-refractivity contribution is -0.146. The van der Waals surface area contributed by atoms with Crippen molar-refractivity contribution in [2.45, 2.75) is 58.4 Å². The summed E-state index contributed by atoms with van der Waals surface area (Å²) < 4.78 is 9.99. The Bertz CT molecular complexity index is 1070. The van der Waals surface area contributed by atoms with Crippen LogP contribution in [0.5, 0.6) is 0 Å². The molecular formula is C27H41N7O5. The zero-order valence-electron chi connectivity index (χ0n) is 23.1. The van der Waals surface area contributed by atoms with Gasteiger partial charge in [-0.1, -0.05) is 13.3 Å². The maximum Gasteiger partial charge on any atom is 0.328 e. The molecule has 2 aliphatic rings. The predicted molar refractivity (Wildman–Crippen MR) is 149 cm³/mol. The van der Waals surface area contributed by atoms with E-state index in [1.54, 1.807) is 26.0 Å². The van der Waals surface area contributed by atoms with Gasteiger partial charge in [-0.25, -0.2) is 14.7 Å². The van der Waals surface area contributed by atoms with Crippen LogP contribution in [0.15, 0.2) is 41.0 Å². The molecule has 6 N–H and O–H groups in total. The Labute approximate surface area is 229 Å². The van der Waals surface area contributed by atoms with Crippen LogP contribution in [0.4, 0.5) is 5.69 Å². The van der Waals surface area contributed by atoms with E-state index >= 15 is 0 Å². The number of allylic oxidation sites excluding steroid dienone is 1. The molecule has 39 heavy (non-hydrogen) atoms. The van der Waals surface area contributed by atoms with Gasteiger partial charge in [-0.3, -0.25) is 15.3 Å². The third kappa shape index (κ3) is 8.17. The number of carbonyl (C=O) groups excluding carboxylic acids is 3. The molecule has 2 aliphatic heterocycles. The summed E-state index contributed by atoms with van der Waals surface area (Å²) in [6.45, 7) is 8.68. The average molecular weight is 544 g/mol. The largest absolute Gasteiger partial charge is 0.466 e. The van der Waals surface area contributed by atoms with Crippen molar-refractivity contribution in [3.8, 4) is 0 Å². The van der Waals surface area contributed by atoms with Gasteiger partial charge in [0.1, 0.15) is 11.9 Å². The first-order valence-electron chi connectivity index (χ1n) is 13.5. The van der Waals surface area contributed by atoms with Gasteiger partial charge in [-0.15, -0.1) is 0 Å². The third-order valence-corrected chi connectivity index (χ3v) is 6.56. The summed E-state index contributed by atoms with van der Waals surface area (Å²) in [5.74, 6) is -2.09. The number of aliphatic imine (C=N–C) groups is 1. The number of esters is 2. The topological polar surface area (TPSA) is 165 Å². The zero-order chi connectivity index (χ0) is 28.4. The Kier molecular flexibility index (Phi) is 10.7. The Hall–Kier alpha value is -3.64. The van der Waals surface area contributed by atoms with Gasteiger partial charge in [0, 0.05) is 49.5 Å². The van der Waals surface area contributed by atoms with Crippen molar-refractivity contribution in [3.63, 3.8) is 0 Å². The SMILES string of the molecule is CCCC1=CC(N)=N[C@](N)(N2CCN(c3ccc(C(=O)N[C@@H](CCC(=O)OCC)C(=O)OCC)cc3)CC2)N1. The van der Waals surface area contributed by atoms with Gasteiger partial charge in [-0.05, 0) is 57.0 Å². The molecule has 1 fully saturated rings. The number of amidine groups is 1. The van der Waals surface area contributed by atoms with Crippen LogP contribution in [0, 0.1) is 0 Å². The van der Waals surface area contributed by atoms with Gasteiger partial charge in [-0.2, -0.15) is 0 Å². The number of ether oxygens (including phenoxy) is 2. The van der Waals surface area contributed by atoms with E-state index in [9.17, 15) is 14.4 Å². The van der Waals surface area contributed by atoms with E-state index in [2.05, 4.69) is 32.3 Å². The molecular weight excluding hydrogens is 502 g/mol. The van der Waals surface area contributed by atoms with Crippen LogP contribution < -0.4 is 27.0 Å². The fraction of sp³-hybridized carbons (Fsp3) is 0.556. The minimum absolute atomic E-state index is 0.00374. The highest BCUT2D eigenvalue weighted by molar-refractivity contribution is 5.97. The highest BCUT2D eigenvalue weighted by Gasteiger charge is 2.37. The summed E-state index contributed by atoms with van der Waals surface area (Å²) in [4.78, 5) is 45.7. The molecule has 3 rings (SSSR count). The first kappa shape index (κ1) is 29.9. The fourth-order valence-electron chi connectivity index (χ4n) is 4.62. The number of amides is 1. The molecule has 214 valence electrons. The van der Waals surface area contributed by atoms with Gasteiger partial charge in [0.15, 0.2) is 0 Å². The van der Waals surface area contributed by atoms with Crippen LogP contribution in [0.3, 0.4) is 0 Å². The van der Waals surface area contributed by atoms with Crippen molar-refractivity contribution in [2.24, 2.45) is 16.5 Å². The van der Waals surface area contributed by atoms with E-state index in [1.165, 1.54) is 0 Å². The quantitative estimate of drug-likeness (QED) is 0.280. The van der Waals surface area contributed by atoms with Crippen LogP contribution >= 0.6 is 0 Å². The van der Waals surface area contributed by atoms with Crippen molar-refractivity contribution < 1.29 is 23.9 Å². The number of rotatable bonds is 12. The molecule has 1 saturated heterocycles. The predicted octanol–water partition coefficient (Wildman–Crippen LogP) is 1.03. The number of nitrogens with zero attached hydrogens (tertiary/aromatic N) is 3. The number of carbonyl (C=O) groups is 3. The van der Waals surface area contributed by atoms with Crippen molar-refractivity contribution in [1.29, 1.82) is 0 Å². The highest BCUT2D eigenvalue weighted by Crippen LogP contribution is 2.22. The number of nitrogens with two attached hydrogens (primary N) is 2. The van der Waals surface area contributed by atoms with Crippen molar-refractivity contribution in [1.82, 2.24) is 15.5 Å². The van der Waals surface area contributed by atoms with E-state index < -0.39 is 29.8 Å². The van der Waals surface area contributed by atoms with Gasteiger partial charge in [0.2, 0.25) is 5.91 Å². The van der Waals surface area contributed by atoms with Crippen molar-refractivity contribution in [2.75, 3.05) is 44.3 Å². The second-order valence-electron chi connectivity index (χ2n) is 9.45. The standard InChI is InChI=1S/C27H41N7O5/c1-4-7-20-18-23(28)32-27(29,31-20)34-16-14-33(15-17-34)21-10-8-19(9-11-21)25(36)30-22(26(37)39-6-3)12-13-24(35)38-5-2/h8-11,18,22,31H,4-7,12-17,29H2,1-3H3,(H2,28,32)(H,30,36)/t22-,27+/m0/s1. The second kappa shape index (κ2) is 13.9. The molecule has 0 radical (unpaired) electrons. The van der Waals surface area contributed by atoms with Gasteiger partial charge < -0.3 is 30.7 Å². The van der Waals surface area contributed by atoms with Crippen LogP contribution in [0.2, 0.25) is 0 Å². The third-order valence-electron chi connectivity index (χ3n) is 6.56. The molecule has 1 aromatic carbocycles. The van der Waals surface area contributed by atoms with Gasteiger partial charge >= 0.3 is 11.9 Å². The van der Waals surface area contributed by atoms with Crippen LogP contribution in [0.1, 0.15) is 56.8 Å². The average Bonchev–Trinajstić information content (AvgIpc) is 2.91. The van der Waals surface area contributed by atoms with E-state index in [0.29, 0.717) is 37.6 Å². The van der Waals surface area contributed by atoms with Gasteiger partial charge in [0.05, 0.1) is 13.2 Å². The Morgan fingerprint density at radius 1 is 1.08 bits per heavy atom. The molecule has 0 aliphatic carbocycles. The molecule has 0 bridgehead atoms. The minimum atomic E-state index is -1.07. The van der Waals surface area contributed by atoms with Crippen LogP contribution in [-0.2, 0) is 19.1 Å². The molecule has 0 spiro atoms. The first-order chi connectivity index (χ1) is 18.7. The molecule has 1 aromatic rings. The molecule has 2 heterocycles. The minimum Gasteiger partial charge on any atom is -0.466 e. The summed E-state index contributed by atoms with van der Waals surface area (Å²) in [5, 5.41) is 6.02. The van der Waals surface area contributed by atoms with Gasteiger partial charge in [0.25, 0.3) is 5.91 Å². The summed E-state index contributed by atoms with van der Waals surface area (Å²) in [6.07, 6.45) is 3.74. The molecule has 12 heteroatoms. The molecule has 0 aromatic heterocycles. The summed E-state index contributed by atoms with van der Waals surface area (Å²) in [7, 11) is 0. The van der Waals surface area contributed by atoms with E-state index in [1.807, 2.05) is 18.2 Å². The van der Waals surface area contributed by atoms with Crippen LogP contribution in [-0.4, -0.2) is 79.9 Å². The number of nitrogens with one attached hydrogen (secondary N) is 2. The summed E-state index contributed by atoms with van der Waals surface area (Å²) in [5.41, 5.74) is 15.0. The van der Waals surface area contributed by atoms with E-state index in [-0.39, 0.29) is 26.1 Å². The molecule has 0 unspecified atom stereocenters. The molecule has 2 atom stereocenters. The summed E-state index contributed by atoms with van der Waals surface area (Å²) in [6, 6.07) is 6.22. The Balaban J connectivity index is 1.57. The maximum atomic E-state index is 12.9. The summed E-state index contributed by atoms with van der Waals surface area (Å²) >= 11 is 0. The van der Waals surface area contributed by atoms with Crippen LogP contribution in [0.25, 0.3) is 0 Å². The first-order valence-corrected chi connectivity index (χ1v) is 13.5. The molecule has 12 nitrogen and oxygen atoms in total. The number of hydrogen-bond donors (Lipinski definition) is 4. The number of anilines is 1. The monoisotopic (exact) mass is 543 g/mol. The smallest absolute Gasteiger partial charge is 0.328 e. The number of hydrogen-bond acceptors (Lipinski definition) is 11. The van der Waals surface area contributed by atoms with E-state index in [0.717, 1.165) is 24.2 Å². The lowest BCUT2D eigenvalue weighted by Gasteiger charge is -2.45. The number of piperazine rings is 1. The second-order valence-corrected chi connectivity index (χ2v) is 9.45. The molecule has 0 saturated carbocycles. The lowest BCUT2D eigenvalue weighted by Crippen LogP contribution is -2.69. The normalized spacial score (nSPS) is 20.3. The number of benzene rings is 1. The fourth-order valence-corrected chi connectivity index (χ4v) is 4.62. The zero-order valence-corrected chi connectivity index (χ0v) is 23.1. The van der Waals surface area contributed by atoms with Crippen molar-refractivity contribution in [3.05, 3.63) is 41.6 Å². The van der Waals surface area contributed by atoms with Crippen molar-refractivity contribution >= 4 is 29.4 Å². The Morgan fingerprint density at radius 3 is 2.36 bits per heavy atom. The van der Waals surface area contributed by atoms with E-state index in [4.69, 9.17) is 20.9 Å². The highest BCUT2D eigenvalue weighted by atomic mass is 16.5. The lowest BCUT2D eigenvalue weighted by atomic mass is 10.1.